The van der Waals surface area contributed by atoms with Crippen LogP contribution in [0.5, 0.6) is 5.75 Å². The van der Waals surface area contributed by atoms with Crippen molar-refractivity contribution in [3.63, 3.8) is 0 Å². The van der Waals surface area contributed by atoms with E-state index in [-0.39, 0.29) is 11.8 Å². The molecule has 1 aromatic carbocycles. The highest BCUT2D eigenvalue weighted by atomic mass is 16.5. The molecule has 2 heterocycles. The molecule has 0 bridgehead atoms. The van der Waals surface area contributed by atoms with Crippen molar-refractivity contribution in [3.8, 4) is 5.75 Å². The second kappa shape index (κ2) is 8.58. The summed E-state index contributed by atoms with van der Waals surface area (Å²) in [4.78, 5) is 22.9. The number of rotatable bonds is 5. The largest absolute Gasteiger partial charge is 0.496 e. The Labute approximate surface area is 147 Å². The molecule has 6 heteroatoms. The van der Waals surface area contributed by atoms with Crippen LogP contribution in [0.25, 0.3) is 0 Å². The predicted octanol–water partition coefficient (Wildman–Crippen LogP) is 1.75. The number of amides is 1. The molecule has 0 radical (unpaired) electrons. The Morgan fingerprint density at radius 2 is 2.24 bits per heavy atom. The fourth-order valence-electron chi connectivity index (χ4n) is 3.09. The lowest BCUT2D eigenvalue weighted by Gasteiger charge is -2.24. The minimum atomic E-state index is 0.0997. The monoisotopic (exact) mass is 341 g/mol. The molecule has 1 aromatic heterocycles. The molecule has 1 saturated heterocycles. The molecule has 2 aromatic rings. The van der Waals surface area contributed by atoms with Gasteiger partial charge < -0.3 is 14.4 Å². The number of aromatic nitrogens is 2. The first kappa shape index (κ1) is 17.4. The molecule has 0 unspecified atom stereocenters. The van der Waals surface area contributed by atoms with Crippen molar-refractivity contribution in [2.45, 2.75) is 12.8 Å². The van der Waals surface area contributed by atoms with Gasteiger partial charge in [-0.1, -0.05) is 18.2 Å². The van der Waals surface area contributed by atoms with Crippen LogP contribution in [0.1, 0.15) is 11.3 Å². The van der Waals surface area contributed by atoms with Crippen molar-refractivity contribution in [2.24, 2.45) is 5.92 Å². The third-order valence-electron chi connectivity index (χ3n) is 4.37. The lowest BCUT2D eigenvalue weighted by Crippen LogP contribution is -2.37. The standard InChI is InChI=1S/C19H23N3O3/c1-24-18-5-3-2-4-16(18)11-19(23)22-8-9-25-13-15(12-22)10-17-6-7-20-14-21-17/h2-7,14-15H,8-13H2,1H3/t15-/m1/s1. The van der Waals surface area contributed by atoms with E-state index in [1.807, 2.05) is 35.2 Å². The molecule has 132 valence electrons. The molecule has 0 saturated carbocycles. The molecule has 1 amide bonds. The van der Waals surface area contributed by atoms with Gasteiger partial charge in [-0.3, -0.25) is 4.79 Å². The molecule has 0 spiro atoms. The molecule has 6 nitrogen and oxygen atoms in total. The van der Waals surface area contributed by atoms with E-state index >= 15 is 0 Å². The van der Waals surface area contributed by atoms with Crippen molar-refractivity contribution in [3.05, 3.63) is 54.1 Å². The van der Waals surface area contributed by atoms with Crippen LogP contribution >= 0.6 is 0 Å². The molecular weight excluding hydrogens is 318 g/mol. The topological polar surface area (TPSA) is 64.5 Å². The zero-order valence-electron chi connectivity index (χ0n) is 14.4. The molecule has 25 heavy (non-hydrogen) atoms. The predicted molar refractivity (Wildman–Crippen MR) is 93.3 cm³/mol. The van der Waals surface area contributed by atoms with E-state index in [1.54, 1.807) is 19.6 Å². The molecule has 0 aliphatic carbocycles. The van der Waals surface area contributed by atoms with Crippen molar-refractivity contribution in [1.29, 1.82) is 0 Å². The van der Waals surface area contributed by atoms with Crippen molar-refractivity contribution in [1.82, 2.24) is 14.9 Å². The first-order chi connectivity index (χ1) is 12.3. The van der Waals surface area contributed by atoms with Gasteiger partial charge in [0.2, 0.25) is 5.91 Å². The minimum absolute atomic E-state index is 0.0997. The van der Waals surface area contributed by atoms with Crippen LogP contribution < -0.4 is 4.74 Å². The van der Waals surface area contributed by atoms with Gasteiger partial charge in [-0.2, -0.15) is 0 Å². The SMILES string of the molecule is COc1ccccc1CC(=O)N1CCOC[C@H](Cc2ccncn2)C1. The summed E-state index contributed by atoms with van der Waals surface area (Å²) < 4.78 is 11.0. The number of carbonyl (C=O) groups is 1. The fourth-order valence-corrected chi connectivity index (χ4v) is 3.09. The molecule has 1 fully saturated rings. The fraction of sp³-hybridized carbons (Fsp3) is 0.421. The van der Waals surface area contributed by atoms with Gasteiger partial charge in [-0.25, -0.2) is 9.97 Å². The number of hydrogen-bond acceptors (Lipinski definition) is 5. The van der Waals surface area contributed by atoms with Crippen LogP contribution in [0, 0.1) is 5.92 Å². The summed E-state index contributed by atoms with van der Waals surface area (Å²) in [5, 5.41) is 0. The number of benzene rings is 1. The summed E-state index contributed by atoms with van der Waals surface area (Å²) in [5.74, 6) is 1.08. The lowest BCUT2D eigenvalue weighted by molar-refractivity contribution is -0.130. The Bertz CT molecular complexity index is 693. The van der Waals surface area contributed by atoms with Crippen LogP contribution in [-0.2, 0) is 22.4 Å². The van der Waals surface area contributed by atoms with Crippen LogP contribution in [0.3, 0.4) is 0 Å². The van der Waals surface area contributed by atoms with Gasteiger partial charge in [0, 0.05) is 36.5 Å². The average molecular weight is 341 g/mol. The Kier molecular flexibility index (Phi) is 5.95. The summed E-state index contributed by atoms with van der Waals surface area (Å²) in [7, 11) is 1.63. The summed E-state index contributed by atoms with van der Waals surface area (Å²) in [6.45, 7) is 2.51. The molecule has 3 rings (SSSR count). The number of ether oxygens (including phenoxy) is 2. The number of para-hydroxylation sites is 1. The van der Waals surface area contributed by atoms with Crippen LogP contribution in [0.2, 0.25) is 0 Å². The number of hydrogen-bond donors (Lipinski definition) is 0. The van der Waals surface area contributed by atoms with E-state index in [4.69, 9.17) is 9.47 Å². The van der Waals surface area contributed by atoms with E-state index in [0.29, 0.717) is 32.7 Å². The summed E-state index contributed by atoms with van der Waals surface area (Å²) in [6, 6.07) is 9.56. The second-order valence-corrected chi connectivity index (χ2v) is 6.17. The van der Waals surface area contributed by atoms with Gasteiger partial charge in [0.15, 0.2) is 0 Å². The Hall–Kier alpha value is -2.47. The smallest absolute Gasteiger partial charge is 0.227 e. The highest BCUT2D eigenvalue weighted by Crippen LogP contribution is 2.20. The van der Waals surface area contributed by atoms with Crippen molar-refractivity contribution < 1.29 is 14.3 Å². The molecule has 1 aliphatic heterocycles. The molecular formula is C19H23N3O3. The number of carbonyl (C=O) groups excluding carboxylic acids is 1. The maximum atomic E-state index is 12.8. The van der Waals surface area contributed by atoms with Crippen LogP contribution in [0.15, 0.2) is 42.9 Å². The third-order valence-corrected chi connectivity index (χ3v) is 4.37. The maximum Gasteiger partial charge on any atom is 0.227 e. The second-order valence-electron chi connectivity index (χ2n) is 6.17. The van der Waals surface area contributed by atoms with Gasteiger partial charge in [0.05, 0.1) is 26.7 Å². The zero-order valence-corrected chi connectivity index (χ0v) is 14.4. The third kappa shape index (κ3) is 4.76. The first-order valence-corrected chi connectivity index (χ1v) is 8.48. The van der Waals surface area contributed by atoms with E-state index < -0.39 is 0 Å². The Morgan fingerprint density at radius 3 is 3.04 bits per heavy atom. The van der Waals surface area contributed by atoms with Gasteiger partial charge in [-0.15, -0.1) is 0 Å². The van der Waals surface area contributed by atoms with Gasteiger partial charge in [-0.05, 0) is 18.6 Å². The highest BCUT2D eigenvalue weighted by Gasteiger charge is 2.23. The summed E-state index contributed by atoms with van der Waals surface area (Å²) in [6.07, 6.45) is 4.41. The normalized spacial score (nSPS) is 17.8. The molecule has 0 N–H and O–H groups in total. The average Bonchev–Trinajstić information content (AvgIpc) is 2.89. The van der Waals surface area contributed by atoms with E-state index in [9.17, 15) is 4.79 Å². The van der Waals surface area contributed by atoms with Crippen molar-refractivity contribution >= 4 is 5.91 Å². The lowest BCUT2D eigenvalue weighted by atomic mass is 10.0. The van der Waals surface area contributed by atoms with E-state index in [1.165, 1.54) is 0 Å². The van der Waals surface area contributed by atoms with E-state index in [0.717, 1.165) is 23.4 Å². The van der Waals surface area contributed by atoms with Gasteiger partial charge in [0.1, 0.15) is 12.1 Å². The van der Waals surface area contributed by atoms with Crippen LogP contribution in [0.4, 0.5) is 0 Å². The Balaban J connectivity index is 1.65. The van der Waals surface area contributed by atoms with E-state index in [2.05, 4.69) is 9.97 Å². The first-order valence-electron chi connectivity index (χ1n) is 8.48. The number of nitrogens with zero attached hydrogens (tertiary/aromatic N) is 3. The van der Waals surface area contributed by atoms with Gasteiger partial charge in [0.25, 0.3) is 0 Å². The quantitative estimate of drug-likeness (QED) is 0.829. The molecule has 1 atom stereocenters. The maximum absolute atomic E-state index is 12.8. The minimum Gasteiger partial charge on any atom is -0.496 e. The Morgan fingerprint density at radius 1 is 1.36 bits per heavy atom. The summed E-state index contributed by atoms with van der Waals surface area (Å²) in [5.41, 5.74) is 1.88. The zero-order chi connectivity index (χ0) is 17.5. The highest BCUT2D eigenvalue weighted by molar-refractivity contribution is 5.79. The summed E-state index contributed by atoms with van der Waals surface area (Å²) >= 11 is 0. The van der Waals surface area contributed by atoms with Crippen LogP contribution in [-0.4, -0.2) is 54.2 Å². The van der Waals surface area contributed by atoms with Gasteiger partial charge >= 0.3 is 0 Å². The number of methoxy groups -OCH3 is 1. The molecule has 1 aliphatic rings. The van der Waals surface area contributed by atoms with Crippen molar-refractivity contribution in [2.75, 3.05) is 33.4 Å².